The third kappa shape index (κ3) is 2.34. The molecule has 1 aromatic rings. The van der Waals surface area contributed by atoms with Gasteiger partial charge in [-0.15, -0.1) is 0 Å². The molecule has 0 amide bonds. The van der Waals surface area contributed by atoms with E-state index < -0.39 is 5.97 Å². The smallest absolute Gasteiger partial charge is 0.306 e. The summed E-state index contributed by atoms with van der Waals surface area (Å²) in [6.45, 7) is 5.37. The molecule has 3 unspecified atom stereocenters. The van der Waals surface area contributed by atoms with Crippen LogP contribution >= 0.6 is 0 Å². The topological polar surface area (TPSA) is 82.7 Å². The molecular weight excluding hydrogens is 272 g/mol. The standard InChI is InChI=1S/C14H20N4O3/c19-14(20)10-2-1-9(7-10)13-15-12(16-21-13)11-8-17-3-5-18(11)6-4-17/h9-11H,1-8H2,(H,19,20). The molecule has 5 rings (SSSR count). The second kappa shape index (κ2) is 5.06. The minimum absolute atomic E-state index is 0.114. The van der Waals surface area contributed by atoms with E-state index in [1.54, 1.807) is 0 Å². The summed E-state index contributed by atoms with van der Waals surface area (Å²) in [5, 5.41) is 13.3. The third-order valence-electron chi connectivity index (χ3n) is 5.17. The SMILES string of the molecule is O=C(O)C1CCC(c2nc(C3CN4CCN3CC4)no2)C1. The second-order valence-corrected chi connectivity index (χ2v) is 6.39. The molecule has 3 atom stereocenters. The Kier molecular flexibility index (Phi) is 3.19. The molecule has 4 aliphatic rings. The predicted molar refractivity (Wildman–Crippen MR) is 72.8 cm³/mol. The van der Waals surface area contributed by atoms with E-state index in [9.17, 15) is 4.79 Å². The van der Waals surface area contributed by atoms with Gasteiger partial charge in [0.2, 0.25) is 5.89 Å². The molecule has 1 aromatic heterocycles. The predicted octanol–water partition coefficient (Wildman–Crippen LogP) is 0.710. The number of rotatable bonds is 3. The number of carbonyl (C=O) groups is 1. The fourth-order valence-electron chi connectivity index (χ4n) is 3.84. The number of piperazine rings is 3. The number of carboxylic acids is 1. The van der Waals surface area contributed by atoms with Crippen molar-refractivity contribution in [1.82, 2.24) is 19.9 Å². The molecule has 7 heteroatoms. The Morgan fingerprint density at radius 2 is 2.05 bits per heavy atom. The first-order chi connectivity index (χ1) is 10.2. The summed E-state index contributed by atoms with van der Waals surface area (Å²) in [6.07, 6.45) is 2.16. The molecule has 1 N–H and O–H groups in total. The first kappa shape index (κ1) is 13.2. The number of hydrogen-bond donors (Lipinski definition) is 1. The fraction of sp³-hybridized carbons (Fsp3) is 0.786. The van der Waals surface area contributed by atoms with Crippen LogP contribution in [0, 0.1) is 5.92 Å². The minimum atomic E-state index is -0.708. The van der Waals surface area contributed by atoms with Crippen molar-refractivity contribution in [3.8, 4) is 0 Å². The van der Waals surface area contributed by atoms with Gasteiger partial charge in [0, 0.05) is 38.6 Å². The highest BCUT2D eigenvalue weighted by Crippen LogP contribution is 2.38. The van der Waals surface area contributed by atoms with Crippen LogP contribution in [0.4, 0.5) is 0 Å². The average molecular weight is 292 g/mol. The summed E-state index contributed by atoms with van der Waals surface area (Å²) in [7, 11) is 0. The molecule has 114 valence electrons. The highest BCUT2D eigenvalue weighted by atomic mass is 16.5. The Bertz CT molecular complexity index is 538. The van der Waals surface area contributed by atoms with Gasteiger partial charge in [0.25, 0.3) is 0 Å². The summed E-state index contributed by atoms with van der Waals surface area (Å²) >= 11 is 0. The van der Waals surface area contributed by atoms with Gasteiger partial charge in [0.15, 0.2) is 5.82 Å². The summed E-state index contributed by atoms with van der Waals surface area (Å²) in [5.74, 6) is 0.551. The van der Waals surface area contributed by atoms with Crippen molar-refractivity contribution in [1.29, 1.82) is 0 Å². The van der Waals surface area contributed by atoms with E-state index in [0.29, 0.717) is 18.7 Å². The summed E-state index contributed by atoms with van der Waals surface area (Å²) in [6, 6.07) is 0.238. The monoisotopic (exact) mass is 292 g/mol. The Labute approximate surface area is 122 Å². The summed E-state index contributed by atoms with van der Waals surface area (Å²) in [5.41, 5.74) is 0. The van der Waals surface area contributed by atoms with Crippen molar-refractivity contribution in [2.24, 2.45) is 5.92 Å². The summed E-state index contributed by atoms with van der Waals surface area (Å²) < 4.78 is 5.44. The zero-order valence-corrected chi connectivity index (χ0v) is 11.9. The highest BCUT2D eigenvalue weighted by Gasteiger charge is 2.38. The minimum Gasteiger partial charge on any atom is -0.481 e. The number of aromatic nitrogens is 2. The number of fused-ring (bicyclic) bond motifs is 3. The van der Waals surface area contributed by atoms with Crippen LogP contribution in [0.15, 0.2) is 4.52 Å². The highest BCUT2D eigenvalue weighted by molar-refractivity contribution is 5.70. The van der Waals surface area contributed by atoms with Crippen LogP contribution in [0.2, 0.25) is 0 Å². The zero-order chi connectivity index (χ0) is 14.4. The van der Waals surface area contributed by atoms with Crippen LogP contribution in [0.3, 0.4) is 0 Å². The van der Waals surface area contributed by atoms with Crippen molar-refractivity contribution >= 4 is 5.97 Å². The maximum atomic E-state index is 11.0. The maximum Gasteiger partial charge on any atom is 0.306 e. The number of nitrogens with zero attached hydrogens (tertiary/aromatic N) is 4. The Hall–Kier alpha value is -1.47. The van der Waals surface area contributed by atoms with Crippen LogP contribution in [0.25, 0.3) is 0 Å². The Morgan fingerprint density at radius 1 is 1.24 bits per heavy atom. The van der Waals surface area contributed by atoms with Gasteiger partial charge in [-0.05, 0) is 19.3 Å². The van der Waals surface area contributed by atoms with E-state index in [-0.39, 0.29) is 17.9 Å². The Morgan fingerprint density at radius 3 is 2.67 bits per heavy atom. The molecule has 1 aliphatic carbocycles. The van der Waals surface area contributed by atoms with Crippen LogP contribution in [-0.2, 0) is 4.79 Å². The molecule has 21 heavy (non-hydrogen) atoms. The van der Waals surface area contributed by atoms with Crippen LogP contribution < -0.4 is 0 Å². The number of hydrogen-bond acceptors (Lipinski definition) is 6. The summed E-state index contributed by atoms with van der Waals surface area (Å²) in [4.78, 5) is 20.5. The lowest BCUT2D eigenvalue weighted by Crippen LogP contribution is -2.57. The molecule has 2 bridgehead atoms. The lowest BCUT2D eigenvalue weighted by atomic mass is 10.0. The van der Waals surface area contributed by atoms with E-state index in [0.717, 1.165) is 45.0 Å². The van der Waals surface area contributed by atoms with E-state index in [1.165, 1.54) is 0 Å². The molecule has 7 nitrogen and oxygen atoms in total. The van der Waals surface area contributed by atoms with E-state index in [2.05, 4.69) is 19.9 Å². The zero-order valence-electron chi connectivity index (χ0n) is 11.9. The van der Waals surface area contributed by atoms with E-state index in [1.807, 2.05) is 0 Å². The molecule has 4 fully saturated rings. The van der Waals surface area contributed by atoms with Crippen LogP contribution in [0.5, 0.6) is 0 Å². The molecular formula is C14H20N4O3. The van der Waals surface area contributed by atoms with Gasteiger partial charge in [0.1, 0.15) is 0 Å². The molecule has 3 aliphatic heterocycles. The van der Waals surface area contributed by atoms with Crippen LogP contribution in [0.1, 0.15) is 42.9 Å². The molecule has 0 aromatic carbocycles. The third-order valence-corrected chi connectivity index (χ3v) is 5.17. The van der Waals surface area contributed by atoms with Gasteiger partial charge in [-0.2, -0.15) is 4.98 Å². The van der Waals surface area contributed by atoms with Crippen LogP contribution in [-0.4, -0.2) is 63.7 Å². The van der Waals surface area contributed by atoms with E-state index >= 15 is 0 Å². The van der Waals surface area contributed by atoms with Crippen molar-refractivity contribution < 1.29 is 14.4 Å². The van der Waals surface area contributed by atoms with Crippen molar-refractivity contribution in [2.75, 3.05) is 32.7 Å². The van der Waals surface area contributed by atoms with Gasteiger partial charge < -0.3 is 9.63 Å². The van der Waals surface area contributed by atoms with Crippen molar-refractivity contribution in [3.05, 3.63) is 11.7 Å². The van der Waals surface area contributed by atoms with Gasteiger partial charge in [-0.1, -0.05) is 5.16 Å². The molecule has 0 radical (unpaired) electrons. The van der Waals surface area contributed by atoms with Gasteiger partial charge in [-0.25, -0.2) is 0 Å². The number of aliphatic carboxylic acids is 1. The average Bonchev–Trinajstić information content (AvgIpc) is 3.17. The fourth-order valence-corrected chi connectivity index (χ4v) is 3.84. The van der Waals surface area contributed by atoms with E-state index in [4.69, 9.17) is 9.63 Å². The quantitative estimate of drug-likeness (QED) is 0.878. The molecule has 0 spiro atoms. The maximum absolute atomic E-state index is 11.0. The van der Waals surface area contributed by atoms with Crippen molar-refractivity contribution in [3.63, 3.8) is 0 Å². The van der Waals surface area contributed by atoms with Gasteiger partial charge >= 0.3 is 5.97 Å². The number of carboxylic acid groups (broad SMARTS) is 1. The first-order valence-corrected chi connectivity index (χ1v) is 7.73. The normalized spacial score (nSPS) is 38.8. The lowest BCUT2D eigenvalue weighted by Gasteiger charge is -2.46. The molecule has 4 heterocycles. The second-order valence-electron chi connectivity index (χ2n) is 6.39. The molecule has 1 saturated carbocycles. The van der Waals surface area contributed by atoms with Gasteiger partial charge in [-0.3, -0.25) is 14.6 Å². The first-order valence-electron chi connectivity index (χ1n) is 7.73. The van der Waals surface area contributed by atoms with Crippen molar-refractivity contribution in [2.45, 2.75) is 31.2 Å². The Balaban J connectivity index is 1.48. The largest absolute Gasteiger partial charge is 0.481 e. The lowest BCUT2D eigenvalue weighted by molar-refractivity contribution is -0.141. The van der Waals surface area contributed by atoms with Gasteiger partial charge in [0.05, 0.1) is 12.0 Å². The molecule has 3 saturated heterocycles.